The quantitative estimate of drug-likeness (QED) is 0.617. The predicted octanol–water partition coefficient (Wildman–Crippen LogP) is 2.14. The van der Waals surface area contributed by atoms with Crippen molar-refractivity contribution in [3.05, 3.63) is 47.2 Å². The molecule has 0 amide bonds. The number of aromatic nitrogens is 2. The van der Waals surface area contributed by atoms with E-state index >= 15 is 0 Å². The van der Waals surface area contributed by atoms with E-state index in [9.17, 15) is 0 Å². The van der Waals surface area contributed by atoms with Crippen LogP contribution < -0.4 is 10.6 Å². The van der Waals surface area contributed by atoms with Gasteiger partial charge in [-0.15, -0.1) is 0 Å². The summed E-state index contributed by atoms with van der Waals surface area (Å²) in [5.41, 5.74) is 1.03. The SMILES string of the molecule is CC1(S)C=c2c(n3ccnc3c3ccccc23)=CC1. The molecule has 0 spiro atoms. The molecular formula is C16H14N2S. The minimum absolute atomic E-state index is 0.0793. The molecule has 1 aliphatic carbocycles. The lowest BCUT2D eigenvalue weighted by Crippen LogP contribution is -2.38. The molecule has 2 nitrogen and oxygen atoms in total. The number of hydrogen-bond acceptors (Lipinski definition) is 2. The van der Waals surface area contributed by atoms with Crippen LogP contribution in [0.1, 0.15) is 13.3 Å². The molecule has 0 saturated carbocycles. The van der Waals surface area contributed by atoms with Crippen molar-refractivity contribution in [3.63, 3.8) is 0 Å². The van der Waals surface area contributed by atoms with Gasteiger partial charge >= 0.3 is 0 Å². The Labute approximate surface area is 116 Å². The van der Waals surface area contributed by atoms with Gasteiger partial charge in [0.2, 0.25) is 0 Å². The maximum Gasteiger partial charge on any atom is 0.145 e. The van der Waals surface area contributed by atoms with Crippen molar-refractivity contribution < 1.29 is 0 Å². The van der Waals surface area contributed by atoms with Crippen molar-refractivity contribution in [2.24, 2.45) is 0 Å². The number of benzene rings is 1. The number of nitrogens with zero attached hydrogens (tertiary/aromatic N) is 2. The third-order valence-electron chi connectivity index (χ3n) is 3.80. The van der Waals surface area contributed by atoms with Crippen LogP contribution in [-0.2, 0) is 0 Å². The van der Waals surface area contributed by atoms with E-state index in [4.69, 9.17) is 12.6 Å². The van der Waals surface area contributed by atoms with E-state index in [1.54, 1.807) is 0 Å². The molecule has 0 bridgehead atoms. The Kier molecular flexibility index (Phi) is 2.13. The van der Waals surface area contributed by atoms with Gasteiger partial charge in [-0.05, 0) is 18.7 Å². The molecule has 0 radical (unpaired) electrons. The first-order valence-corrected chi connectivity index (χ1v) is 6.90. The first-order chi connectivity index (χ1) is 9.16. The number of hydrogen-bond donors (Lipinski definition) is 1. The summed E-state index contributed by atoms with van der Waals surface area (Å²) < 4.78 is 2.10. The van der Waals surface area contributed by atoms with Gasteiger partial charge in [0.15, 0.2) is 0 Å². The Balaban J connectivity index is 2.38. The van der Waals surface area contributed by atoms with Crippen LogP contribution >= 0.6 is 12.6 Å². The summed E-state index contributed by atoms with van der Waals surface area (Å²) in [5, 5.41) is 4.96. The second-order valence-corrected chi connectivity index (χ2v) is 6.40. The topological polar surface area (TPSA) is 17.3 Å². The first kappa shape index (κ1) is 11.1. The summed E-state index contributed by atoms with van der Waals surface area (Å²) in [6.45, 7) is 2.16. The van der Waals surface area contributed by atoms with Crippen LogP contribution in [0.15, 0.2) is 36.7 Å². The molecule has 0 aliphatic heterocycles. The predicted molar refractivity (Wildman–Crippen MR) is 82.9 cm³/mol. The van der Waals surface area contributed by atoms with Crippen molar-refractivity contribution >= 4 is 41.2 Å². The Morgan fingerprint density at radius 3 is 2.89 bits per heavy atom. The number of imidazole rings is 1. The summed E-state index contributed by atoms with van der Waals surface area (Å²) in [6.07, 6.45) is 9.38. The normalized spacial score (nSPS) is 22.0. The highest BCUT2D eigenvalue weighted by molar-refractivity contribution is 7.82. The third-order valence-corrected chi connectivity index (χ3v) is 4.11. The second-order valence-electron chi connectivity index (χ2n) is 5.38. The smallest absolute Gasteiger partial charge is 0.145 e. The molecule has 2 aromatic heterocycles. The minimum atomic E-state index is -0.0793. The lowest BCUT2D eigenvalue weighted by atomic mass is 9.97. The fourth-order valence-electron chi connectivity index (χ4n) is 2.91. The largest absolute Gasteiger partial charge is 0.299 e. The van der Waals surface area contributed by atoms with Gasteiger partial charge < -0.3 is 0 Å². The van der Waals surface area contributed by atoms with Gasteiger partial charge in [-0.1, -0.05) is 36.4 Å². The Morgan fingerprint density at radius 2 is 2.05 bits per heavy atom. The van der Waals surface area contributed by atoms with Crippen molar-refractivity contribution in [1.82, 2.24) is 9.38 Å². The molecule has 3 aromatic rings. The third kappa shape index (κ3) is 1.55. The number of fused-ring (bicyclic) bond motifs is 6. The summed E-state index contributed by atoms with van der Waals surface area (Å²) in [7, 11) is 0. The number of thiol groups is 1. The van der Waals surface area contributed by atoms with E-state index in [1.165, 1.54) is 21.3 Å². The van der Waals surface area contributed by atoms with Crippen LogP contribution in [0, 0.1) is 0 Å². The second kappa shape index (κ2) is 3.64. The number of pyridine rings is 1. The van der Waals surface area contributed by atoms with Gasteiger partial charge in [-0.3, -0.25) is 4.40 Å². The highest BCUT2D eigenvalue weighted by Gasteiger charge is 2.19. The molecular weight excluding hydrogens is 252 g/mol. The van der Waals surface area contributed by atoms with Crippen LogP contribution in [0.25, 0.3) is 28.6 Å². The minimum Gasteiger partial charge on any atom is -0.299 e. The average molecular weight is 266 g/mol. The van der Waals surface area contributed by atoms with E-state index in [1.807, 2.05) is 12.4 Å². The molecule has 19 heavy (non-hydrogen) atoms. The fraction of sp³-hybridized carbons (Fsp3) is 0.188. The van der Waals surface area contributed by atoms with Gasteiger partial charge in [-0.2, -0.15) is 12.6 Å². The zero-order valence-electron chi connectivity index (χ0n) is 10.7. The van der Waals surface area contributed by atoms with Crippen LogP contribution in [0.4, 0.5) is 0 Å². The maximum atomic E-state index is 4.74. The highest BCUT2D eigenvalue weighted by atomic mass is 32.1. The zero-order chi connectivity index (χ0) is 13.0. The van der Waals surface area contributed by atoms with Crippen LogP contribution in [-0.4, -0.2) is 14.1 Å². The van der Waals surface area contributed by atoms with Gasteiger partial charge in [0.25, 0.3) is 0 Å². The Morgan fingerprint density at radius 1 is 1.26 bits per heavy atom. The number of rotatable bonds is 0. The molecule has 1 atom stereocenters. The summed E-state index contributed by atoms with van der Waals surface area (Å²) >= 11 is 4.74. The molecule has 0 saturated heterocycles. The van der Waals surface area contributed by atoms with Crippen molar-refractivity contribution in [2.75, 3.05) is 0 Å². The van der Waals surface area contributed by atoms with E-state index in [0.29, 0.717) is 0 Å². The first-order valence-electron chi connectivity index (χ1n) is 6.45. The van der Waals surface area contributed by atoms with Crippen molar-refractivity contribution in [2.45, 2.75) is 18.1 Å². The molecule has 2 heterocycles. The molecule has 4 rings (SSSR count). The van der Waals surface area contributed by atoms with E-state index in [0.717, 1.165) is 12.1 Å². The molecule has 1 aromatic carbocycles. The monoisotopic (exact) mass is 266 g/mol. The standard InChI is InChI=1S/C16H14N2S/c1-16(19)7-6-14-13(10-16)11-4-2-3-5-12(11)15-17-8-9-18(14)15/h2-6,8-10,19H,7H2,1H3. The highest BCUT2D eigenvalue weighted by Crippen LogP contribution is 2.23. The Bertz CT molecular complexity index is 919. The summed E-state index contributed by atoms with van der Waals surface area (Å²) in [5.74, 6) is 0. The van der Waals surface area contributed by atoms with Gasteiger partial charge in [0.1, 0.15) is 5.65 Å². The molecule has 1 unspecified atom stereocenters. The van der Waals surface area contributed by atoms with Crippen LogP contribution in [0.3, 0.4) is 0 Å². The lowest BCUT2D eigenvalue weighted by molar-refractivity contribution is 0.861. The average Bonchev–Trinajstić information content (AvgIpc) is 2.87. The van der Waals surface area contributed by atoms with Crippen molar-refractivity contribution in [3.8, 4) is 0 Å². The van der Waals surface area contributed by atoms with Crippen LogP contribution in [0.2, 0.25) is 0 Å². The fourth-order valence-corrected chi connectivity index (χ4v) is 3.13. The molecule has 0 fully saturated rings. The molecule has 94 valence electrons. The van der Waals surface area contributed by atoms with Gasteiger partial charge in [-0.25, -0.2) is 4.98 Å². The van der Waals surface area contributed by atoms with Gasteiger partial charge in [0, 0.05) is 27.7 Å². The van der Waals surface area contributed by atoms with Crippen molar-refractivity contribution in [1.29, 1.82) is 0 Å². The van der Waals surface area contributed by atoms with Gasteiger partial charge in [0.05, 0.1) is 5.35 Å². The zero-order valence-corrected chi connectivity index (χ0v) is 11.6. The molecule has 3 heteroatoms. The molecule has 1 aliphatic rings. The van der Waals surface area contributed by atoms with E-state index < -0.39 is 0 Å². The summed E-state index contributed by atoms with van der Waals surface area (Å²) in [4.78, 5) is 4.50. The van der Waals surface area contributed by atoms with E-state index in [2.05, 4.69) is 52.7 Å². The Hall–Kier alpha value is -1.74. The van der Waals surface area contributed by atoms with Crippen LogP contribution in [0.5, 0.6) is 0 Å². The maximum absolute atomic E-state index is 4.74. The summed E-state index contributed by atoms with van der Waals surface area (Å²) in [6, 6.07) is 8.45. The molecule has 0 N–H and O–H groups in total. The lowest BCUT2D eigenvalue weighted by Gasteiger charge is -2.21. The van der Waals surface area contributed by atoms with E-state index in [-0.39, 0.29) is 4.75 Å².